The number of aliphatic hydroxyl groups excluding tert-OH is 1. The van der Waals surface area contributed by atoms with Crippen molar-refractivity contribution in [2.45, 2.75) is 153 Å². The van der Waals surface area contributed by atoms with Gasteiger partial charge < -0.3 is 88.1 Å². The number of benzene rings is 11. The standard InChI is InChI=1S/2C25H25NO4.C20H24N2O3.C19H21NO3.C18H19Cl2N3O2/c27-25(28)16-21-8-5-15-26(21)20-11-13-22(14-12-20)30-24-10-4-9-23(17-24)29-18-19-6-2-1-3-7-19;27-25(28)17-21-7-4-16-26(21)20-8-10-23(11-9-20)30-24-14-12-22(13-15-24)29-18-19-5-2-1-3-6-19;1-21(2)16-5-3-7-19(13-16)25-18-10-8-15(9-11-18)22-12-4-6-17(22)14-20(23)24;1-14-4-2-6-18(12-14)23-17-9-7-15(8-10-17)20-11-3-5-16(20)13-19(21)22;1-12(24)7-15-3-2-6-23(15)18-21-9-16(10-22-18)25-11-13-4-5-14(19)8-17(13)20/h1-4,6-7,9-14,17,21H,5,8,15-16,18H2,(H,27,28);1-3,5-6,8-15,21H,4,7,16-18H2,(H,27,28);3,5,7-11,13,17H,4,6,12,14H2,1-2H3,(H,23,24);2,4,6-10,12,16H,3,5,11,13H2,1H3,(H,21,22);4-5,8-10,15,24H,1-3,6-7,11H2. The highest BCUT2D eigenvalue weighted by Crippen LogP contribution is 2.38. The Hall–Kier alpha value is -14.1. The molecule has 0 bridgehead atoms. The van der Waals surface area contributed by atoms with Gasteiger partial charge in [-0.2, -0.15) is 0 Å². The van der Waals surface area contributed by atoms with E-state index in [1.807, 2.05) is 287 Å². The summed E-state index contributed by atoms with van der Waals surface area (Å²) in [5.74, 6) is 6.06. The van der Waals surface area contributed by atoms with Gasteiger partial charge in [0.25, 0.3) is 0 Å². The molecule has 0 spiro atoms. The summed E-state index contributed by atoms with van der Waals surface area (Å²) in [6.45, 7) is 11.4. The van der Waals surface area contributed by atoms with E-state index in [2.05, 4.69) is 41.0 Å². The van der Waals surface area contributed by atoms with Crippen molar-refractivity contribution >= 4 is 81.5 Å². The summed E-state index contributed by atoms with van der Waals surface area (Å²) in [6, 6.07) is 88.3. The van der Waals surface area contributed by atoms with Gasteiger partial charge in [0.1, 0.15) is 77.3 Å². The lowest BCUT2D eigenvalue weighted by atomic mass is 10.1. The number of ether oxygens (including phenoxy) is 7. The number of aromatic nitrogens is 2. The van der Waals surface area contributed by atoms with Crippen molar-refractivity contribution in [2.24, 2.45) is 0 Å². The Morgan fingerprint density at radius 2 is 0.692 bits per heavy atom. The quantitative estimate of drug-likeness (QED) is 0.0239. The third kappa shape index (κ3) is 30.0. The zero-order valence-corrected chi connectivity index (χ0v) is 76.6. The number of aryl methyl sites for hydroxylation is 1. The molecule has 6 heterocycles. The molecule has 24 nitrogen and oxygen atoms in total. The van der Waals surface area contributed by atoms with Crippen LogP contribution in [-0.2, 0) is 39.0 Å². The molecule has 5 fully saturated rings. The Kier molecular flexibility index (Phi) is 35.3. The summed E-state index contributed by atoms with van der Waals surface area (Å²) in [4.78, 5) is 65.8. The maximum Gasteiger partial charge on any atom is 0.305 e. The van der Waals surface area contributed by atoms with Crippen molar-refractivity contribution in [3.8, 4) is 63.2 Å². The average Bonchev–Trinajstić information content (AvgIpc) is 1.81. The highest BCUT2D eigenvalue weighted by molar-refractivity contribution is 6.35. The Labute approximate surface area is 787 Å². The number of hydrogen-bond donors (Lipinski definition) is 5. The van der Waals surface area contributed by atoms with Crippen molar-refractivity contribution in [1.29, 1.82) is 0 Å². The molecule has 11 aromatic carbocycles. The van der Waals surface area contributed by atoms with Crippen LogP contribution in [-0.4, -0.2) is 136 Å². The molecule has 5 atom stereocenters. The number of aliphatic hydroxyl groups is 1. The van der Waals surface area contributed by atoms with Crippen LogP contribution in [0.1, 0.15) is 119 Å². The van der Waals surface area contributed by atoms with Crippen molar-refractivity contribution in [3.63, 3.8) is 0 Å². The van der Waals surface area contributed by atoms with Crippen LogP contribution in [0.4, 0.5) is 34.4 Å². The Balaban J connectivity index is 0.000000142. The molecule has 0 aliphatic carbocycles. The first kappa shape index (κ1) is 96.5. The number of carboxylic acids is 4. The lowest BCUT2D eigenvalue weighted by molar-refractivity contribution is -0.138. The van der Waals surface area contributed by atoms with Crippen LogP contribution in [0.3, 0.4) is 0 Å². The van der Waals surface area contributed by atoms with Crippen molar-refractivity contribution in [3.05, 3.63) is 330 Å². The first-order chi connectivity index (χ1) is 64.5. The number of halogens is 2. The predicted octanol–water partition coefficient (Wildman–Crippen LogP) is 24.0. The number of rotatable bonds is 33. The third-order valence-electron chi connectivity index (χ3n) is 23.3. The summed E-state index contributed by atoms with van der Waals surface area (Å²) >= 11 is 12.0. The van der Waals surface area contributed by atoms with Crippen LogP contribution < -0.4 is 62.6 Å². The maximum absolute atomic E-state index is 11.1. The van der Waals surface area contributed by atoms with Crippen LogP contribution in [0.2, 0.25) is 10.0 Å². The van der Waals surface area contributed by atoms with Gasteiger partial charge in [-0.15, -0.1) is 0 Å². The van der Waals surface area contributed by atoms with Crippen molar-refractivity contribution in [2.75, 3.05) is 76.2 Å². The Bertz CT molecular complexity index is 5720. The van der Waals surface area contributed by atoms with Gasteiger partial charge in [-0.1, -0.05) is 121 Å². The highest BCUT2D eigenvalue weighted by atomic mass is 35.5. The molecule has 5 N–H and O–H groups in total. The number of nitrogens with zero attached hydrogens (tertiary/aromatic N) is 8. The number of anilines is 6. The molecule has 692 valence electrons. The molecule has 133 heavy (non-hydrogen) atoms. The van der Waals surface area contributed by atoms with Gasteiger partial charge in [0.05, 0.1) is 43.8 Å². The topological polar surface area (TPSA) is 279 Å². The summed E-state index contributed by atoms with van der Waals surface area (Å²) < 4.78 is 41.1. The second-order valence-corrected chi connectivity index (χ2v) is 34.3. The lowest BCUT2D eigenvalue weighted by Gasteiger charge is -2.25. The van der Waals surface area contributed by atoms with Crippen molar-refractivity contribution < 1.29 is 77.9 Å². The molecule has 26 heteroatoms. The van der Waals surface area contributed by atoms with Gasteiger partial charge in [-0.3, -0.25) is 19.2 Å². The van der Waals surface area contributed by atoms with E-state index >= 15 is 0 Å². The van der Waals surface area contributed by atoms with E-state index in [-0.39, 0.29) is 61.7 Å². The molecule has 5 saturated heterocycles. The SMILES string of the molecule is C=C(O)CC1CCCN1c1ncc(OCc2ccc(Cl)cc2Cl)cn1.CN(C)c1cccc(Oc2ccc(N3CCCC3CC(=O)O)cc2)c1.Cc1cccc(Oc2ccc(N3CCCC3CC(=O)O)cc2)c1.O=C(O)CC1CCCN1c1ccc(Oc2ccc(OCc3ccccc3)cc2)cc1.O=C(O)CC1CCCN1c1ccc(Oc2cccc(OCc3ccccc3)c2)cc1. The van der Waals surface area contributed by atoms with E-state index < -0.39 is 23.9 Å². The Morgan fingerprint density at radius 3 is 1.08 bits per heavy atom. The first-order valence-electron chi connectivity index (χ1n) is 45.0. The van der Waals surface area contributed by atoms with Crippen molar-refractivity contribution in [1.82, 2.24) is 9.97 Å². The normalized spacial score (nSPS) is 16.4. The van der Waals surface area contributed by atoms with Gasteiger partial charge in [0, 0.05) is 140 Å². The second-order valence-electron chi connectivity index (χ2n) is 33.4. The summed E-state index contributed by atoms with van der Waals surface area (Å²) in [5.41, 5.74) is 9.51. The summed E-state index contributed by atoms with van der Waals surface area (Å²) in [5, 5.41) is 46.9. The predicted molar refractivity (Wildman–Crippen MR) is 523 cm³/mol. The number of aliphatic carboxylic acids is 4. The molecule has 5 aliphatic heterocycles. The van der Waals surface area contributed by atoms with E-state index in [4.69, 9.17) is 76.8 Å². The van der Waals surface area contributed by atoms with E-state index in [0.29, 0.717) is 53.7 Å². The highest BCUT2D eigenvalue weighted by Gasteiger charge is 2.32. The van der Waals surface area contributed by atoms with E-state index in [1.54, 1.807) is 24.5 Å². The molecular formula is C107H114Cl2N8O16. The summed E-state index contributed by atoms with van der Waals surface area (Å²) in [7, 11) is 4.00. The molecule has 12 aromatic rings. The molecule has 5 unspecified atom stereocenters. The minimum atomic E-state index is -0.749. The van der Waals surface area contributed by atoms with Crippen LogP contribution in [0.5, 0.6) is 63.2 Å². The monoisotopic (exact) mass is 1840 g/mol. The molecule has 1 aromatic heterocycles. The molecule has 0 amide bonds. The average molecular weight is 1840 g/mol. The van der Waals surface area contributed by atoms with E-state index in [1.165, 1.54) is 0 Å². The second kappa shape index (κ2) is 48.7. The maximum atomic E-state index is 11.1. The fourth-order valence-corrected chi connectivity index (χ4v) is 17.3. The third-order valence-corrected chi connectivity index (χ3v) is 23.9. The fourth-order valence-electron chi connectivity index (χ4n) is 16.9. The van der Waals surface area contributed by atoms with Crippen LogP contribution in [0.15, 0.2) is 298 Å². The van der Waals surface area contributed by atoms with E-state index in [9.17, 15) is 24.3 Å². The largest absolute Gasteiger partial charge is 0.513 e. The van der Waals surface area contributed by atoms with Crippen LogP contribution in [0.25, 0.3) is 0 Å². The van der Waals surface area contributed by atoms with Gasteiger partial charge >= 0.3 is 23.9 Å². The zero-order chi connectivity index (χ0) is 93.4. The van der Waals surface area contributed by atoms with Gasteiger partial charge in [0.2, 0.25) is 5.95 Å². The summed E-state index contributed by atoms with van der Waals surface area (Å²) in [6.07, 6.45) is 14.4. The minimum Gasteiger partial charge on any atom is -0.513 e. The number of carboxylic acid groups (broad SMARTS) is 4. The van der Waals surface area contributed by atoms with Gasteiger partial charge in [-0.25, -0.2) is 9.97 Å². The minimum absolute atomic E-state index is 0.0627. The van der Waals surface area contributed by atoms with Crippen LogP contribution >= 0.6 is 23.2 Å². The first-order valence-corrected chi connectivity index (χ1v) is 45.7. The molecule has 17 rings (SSSR count). The van der Waals surface area contributed by atoms with E-state index in [0.717, 1.165) is 199 Å². The Morgan fingerprint density at radius 1 is 0.353 bits per heavy atom. The lowest BCUT2D eigenvalue weighted by Crippen LogP contribution is -2.31. The zero-order valence-electron chi connectivity index (χ0n) is 75.1. The van der Waals surface area contributed by atoms with Gasteiger partial charge in [0.15, 0.2) is 5.75 Å². The van der Waals surface area contributed by atoms with Gasteiger partial charge in [-0.05, 0) is 258 Å². The fraction of sp³-hybridized carbons (Fsp3) is 0.290. The number of carbonyl (C=O) groups is 4. The molecule has 0 radical (unpaired) electrons. The van der Waals surface area contributed by atoms with Crippen LogP contribution in [0, 0.1) is 6.92 Å². The smallest absolute Gasteiger partial charge is 0.305 e. The number of hydrogen-bond acceptors (Lipinski definition) is 20. The molecule has 5 aliphatic rings. The molecule has 0 saturated carbocycles. The molecular weight excluding hydrogens is 1720 g/mol.